The fourth-order valence-electron chi connectivity index (χ4n) is 2.51. The van der Waals surface area contributed by atoms with Gasteiger partial charge in [-0.3, -0.25) is 0 Å². The molecule has 2 unspecified atom stereocenters. The number of fused-ring (bicyclic) bond motifs is 1. The molecule has 0 aromatic heterocycles. The van der Waals surface area contributed by atoms with Crippen LogP contribution in [0.5, 0.6) is 5.75 Å². The van der Waals surface area contributed by atoms with Crippen molar-refractivity contribution in [3.05, 3.63) is 59.7 Å². The first-order valence-corrected chi connectivity index (χ1v) is 8.39. The topological polar surface area (TPSA) is 29.5 Å². The molecule has 0 bridgehead atoms. The number of aryl methyl sites for hydroxylation is 1. The molecule has 3 rings (SSSR count). The molecule has 0 amide bonds. The average Bonchev–Trinajstić information content (AvgIpc) is 2.55. The number of thioether (sulfide) groups is 1. The second-order valence-corrected chi connectivity index (χ2v) is 6.42. The molecule has 0 radical (unpaired) electrons. The van der Waals surface area contributed by atoms with Crippen LogP contribution >= 0.6 is 11.8 Å². The quantitative estimate of drug-likeness (QED) is 0.933. The number of hydrogen-bond donors (Lipinski definition) is 1. The molecule has 1 heterocycles. The van der Waals surface area contributed by atoms with Gasteiger partial charge in [0.25, 0.3) is 0 Å². The van der Waals surface area contributed by atoms with Gasteiger partial charge in [0.05, 0.1) is 6.10 Å². The number of hydrogen-bond acceptors (Lipinski definition) is 3. The summed E-state index contributed by atoms with van der Waals surface area (Å²) in [6.45, 7) is 2.15. The number of aliphatic hydroxyl groups is 1. The Morgan fingerprint density at radius 1 is 1.14 bits per heavy atom. The summed E-state index contributed by atoms with van der Waals surface area (Å²) in [7, 11) is 0. The van der Waals surface area contributed by atoms with Crippen LogP contribution in [0.15, 0.2) is 53.4 Å². The fraction of sp³-hybridized carbons (Fsp3) is 0.333. The first kappa shape index (κ1) is 14.5. The molecule has 1 aliphatic heterocycles. The lowest BCUT2D eigenvalue weighted by Gasteiger charge is -2.29. The van der Waals surface area contributed by atoms with Gasteiger partial charge < -0.3 is 9.84 Å². The molecule has 0 aliphatic carbocycles. The summed E-state index contributed by atoms with van der Waals surface area (Å²) in [5.74, 6) is 1.68. The molecule has 110 valence electrons. The van der Waals surface area contributed by atoms with E-state index >= 15 is 0 Å². The summed E-state index contributed by atoms with van der Waals surface area (Å²) in [6.07, 6.45) is 1.06. The molecule has 1 aliphatic rings. The highest BCUT2D eigenvalue weighted by Gasteiger charge is 2.26. The highest BCUT2D eigenvalue weighted by molar-refractivity contribution is 7.99. The van der Waals surface area contributed by atoms with E-state index in [9.17, 15) is 5.11 Å². The number of para-hydroxylation sites is 1. The predicted molar refractivity (Wildman–Crippen MR) is 87.1 cm³/mol. The van der Waals surface area contributed by atoms with E-state index in [-0.39, 0.29) is 6.10 Å². The summed E-state index contributed by atoms with van der Waals surface area (Å²) < 4.78 is 5.94. The van der Waals surface area contributed by atoms with E-state index in [2.05, 4.69) is 37.3 Å². The molecule has 1 N–H and O–H groups in total. The van der Waals surface area contributed by atoms with Gasteiger partial charge in [-0.15, -0.1) is 11.8 Å². The molecule has 0 spiro atoms. The highest BCUT2D eigenvalue weighted by Crippen LogP contribution is 2.36. The predicted octanol–water partition coefficient (Wildman–Crippen LogP) is 3.71. The normalized spacial score (nSPS) is 18.7. The summed E-state index contributed by atoms with van der Waals surface area (Å²) in [6, 6.07) is 16.5. The van der Waals surface area contributed by atoms with Crippen molar-refractivity contribution < 1.29 is 9.84 Å². The van der Waals surface area contributed by atoms with E-state index in [1.807, 2.05) is 18.2 Å². The first-order valence-electron chi connectivity index (χ1n) is 7.40. The van der Waals surface area contributed by atoms with Crippen LogP contribution in [0.2, 0.25) is 0 Å². The third-order valence-corrected chi connectivity index (χ3v) is 4.98. The summed E-state index contributed by atoms with van der Waals surface area (Å²) in [4.78, 5) is 1.16. The van der Waals surface area contributed by atoms with Crippen molar-refractivity contribution in [1.29, 1.82) is 0 Å². The highest BCUT2D eigenvalue weighted by atomic mass is 32.2. The first-order chi connectivity index (χ1) is 10.3. The van der Waals surface area contributed by atoms with Gasteiger partial charge in [0.15, 0.2) is 0 Å². The van der Waals surface area contributed by atoms with Crippen LogP contribution in [0, 0.1) is 0 Å². The van der Waals surface area contributed by atoms with Gasteiger partial charge in [-0.1, -0.05) is 43.3 Å². The van der Waals surface area contributed by atoms with Crippen LogP contribution in [0.1, 0.15) is 18.1 Å². The Kier molecular flexibility index (Phi) is 4.51. The minimum Gasteiger partial charge on any atom is -0.486 e. The van der Waals surface area contributed by atoms with Crippen molar-refractivity contribution in [3.8, 4) is 5.75 Å². The van der Waals surface area contributed by atoms with Crippen molar-refractivity contribution in [1.82, 2.24) is 0 Å². The van der Waals surface area contributed by atoms with E-state index in [4.69, 9.17) is 4.74 Å². The van der Waals surface area contributed by atoms with Gasteiger partial charge in [-0.05, 0) is 29.7 Å². The third kappa shape index (κ3) is 3.42. The van der Waals surface area contributed by atoms with Crippen LogP contribution < -0.4 is 4.74 Å². The molecular formula is C18H20O2S. The molecule has 3 heteroatoms. The average molecular weight is 300 g/mol. The molecule has 0 fully saturated rings. The Labute approximate surface area is 130 Å². The molecule has 0 saturated heterocycles. The molecule has 2 atom stereocenters. The van der Waals surface area contributed by atoms with Gasteiger partial charge in [-0.2, -0.15) is 0 Å². The Morgan fingerprint density at radius 3 is 2.62 bits per heavy atom. The van der Waals surface area contributed by atoms with E-state index in [0.29, 0.717) is 6.42 Å². The minimum atomic E-state index is -0.474. The van der Waals surface area contributed by atoms with Crippen LogP contribution in [-0.4, -0.2) is 23.1 Å². The Bertz CT molecular complexity index is 594. The molecular weight excluding hydrogens is 280 g/mol. The number of aliphatic hydroxyl groups excluding tert-OH is 1. The van der Waals surface area contributed by atoms with Crippen molar-refractivity contribution in [2.24, 2.45) is 0 Å². The van der Waals surface area contributed by atoms with Crippen molar-refractivity contribution in [3.63, 3.8) is 0 Å². The molecule has 0 saturated carbocycles. The lowest BCUT2D eigenvalue weighted by atomic mass is 10.0. The third-order valence-electron chi connectivity index (χ3n) is 3.84. The zero-order chi connectivity index (χ0) is 14.7. The fourth-order valence-corrected chi connectivity index (χ4v) is 3.58. The van der Waals surface area contributed by atoms with Crippen molar-refractivity contribution >= 4 is 11.8 Å². The van der Waals surface area contributed by atoms with Crippen LogP contribution in [-0.2, 0) is 12.8 Å². The zero-order valence-corrected chi connectivity index (χ0v) is 13.0. The van der Waals surface area contributed by atoms with Crippen molar-refractivity contribution in [2.75, 3.05) is 5.75 Å². The van der Waals surface area contributed by atoms with Gasteiger partial charge in [-0.25, -0.2) is 0 Å². The molecule has 2 aromatic carbocycles. The summed E-state index contributed by atoms with van der Waals surface area (Å²) in [5.41, 5.74) is 2.48. The number of rotatable bonds is 4. The smallest absolute Gasteiger partial charge is 0.134 e. The van der Waals surface area contributed by atoms with Gasteiger partial charge >= 0.3 is 0 Å². The Morgan fingerprint density at radius 2 is 1.86 bits per heavy atom. The second-order valence-electron chi connectivity index (χ2n) is 5.36. The van der Waals surface area contributed by atoms with E-state index in [1.54, 1.807) is 11.8 Å². The Balaban J connectivity index is 1.64. The largest absolute Gasteiger partial charge is 0.486 e. The van der Waals surface area contributed by atoms with E-state index in [0.717, 1.165) is 28.4 Å². The summed E-state index contributed by atoms with van der Waals surface area (Å²) >= 11 is 1.76. The van der Waals surface area contributed by atoms with E-state index < -0.39 is 6.10 Å². The number of benzene rings is 2. The zero-order valence-electron chi connectivity index (χ0n) is 12.2. The van der Waals surface area contributed by atoms with E-state index in [1.165, 1.54) is 5.56 Å². The maximum Gasteiger partial charge on any atom is 0.134 e. The molecule has 2 nitrogen and oxygen atoms in total. The second kappa shape index (κ2) is 6.54. The maximum absolute atomic E-state index is 10.4. The van der Waals surface area contributed by atoms with Gasteiger partial charge in [0, 0.05) is 17.1 Å². The van der Waals surface area contributed by atoms with Gasteiger partial charge in [0.2, 0.25) is 0 Å². The van der Waals surface area contributed by atoms with Crippen LogP contribution in [0.25, 0.3) is 0 Å². The lowest BCUT2D eigenvalue weighted by molar-refractivity contribution is 0.0468. The van der Waals surface area contributed by atoms with Gasteiger partial charge in [0.1, 0.15) is 11.9 Å². The molecule has 2 aromatic rings. The lowest BCUT2D eigenvalue weighted by Crippen LogP contribution is -2.37. The van der Waals surface area contributed by atoms with Crippen molar-refractivity contribution in [2.45, 2.75) is 36.9 Å². The molecule has 21 heavy (non-hydrogen) atoms. The SMILES string of the molecule is CCc1ccc(CC(O)C2CSc3ccccc3O2)cc1. The minimum absolute atomic E-state index is 0.143. The monoisotopic (exact) mass is 300 g/mol. The summed E-state index contributed by atoms with van der Waals surface area (Å²) in [5, 5.41) is 10.4. The standard InChI is InChI=1S/C18H20O2S/c1-2-13-7-9-14(10-8-13)11-15(19)17-12-21-18-6-4-3-5-16(18)20-17/h3-10,15,17,19H,2,11-12H2,1H3. The Hall–Kier alpha value is -1.45. The van der Waals surface area contributed by atoms with Crippen LogP contribution in [0.4, 0.5) is 0 Å². The van der Waals surface area contributed by atoms with Crippen LogP contribution in [0.3, 0.4) is 0 Å². The maximum atomic E-state index is 10.4. The number of ether oxygens (including phenoxy) is 1.